The Morgan fingerprint density at radius 1 is 1.25 bits per heavy atom. The van der Waals surface area contributed by atoms with Crippen molar-refractivity contribution in [3.05, 3.63) is 23.8 Å². The van der Waals surface area contributed by atoms with Crippen molar-refractivity contribution in [2.24, 2.45) is 0 Å². The molecule has 1 amide bonds. The Labute approximate surface area is 119 Å². The molecule has 2 rings (SSSR count). The molecule has 1 aliphatic rings. The van der Waals surface area contributed by atoms with E-state index in [4.69, 9.17) is 0 Å². The standard InChI is InChI=1S/C15H22N2O3/c1-3-11-9-17(12(4-2)8-16-11)15(20)10-5-13(18)7-14(19)6-10/h5-7,11-12,16,18-19H,3-4,8-9H2,1-2H3. The predicted octanol–water partition coefficient (Wildman–Crippen LogP) is 1.70. The summed E-state index contributed by atoms with van der Waals surface area (Å²) in [6, 6.07) is 4.47. The average Bonchev–Trinajstić information content (AvgIpc) is 2.44. The van der Waals surface area contributed by atoms with E-state index in [1.54, 1.807) is 0 Å². The summed E-state index contributed by atoms with van der Waals surface area (Å²) in [5, 5.41) is 22.5. The number of carbonyl (C=O) groups is 1. The number of benzene rings is 1. The first kappa shape index (κ1) is 14.7. The molecule has 20 heavy (non-hydrogen) atoms. The Balaban J connectivity index is 2.24. The van der Waals surface area contributed by atoms with Crippen LogP contribution in [-0.4, -0.2) is 46.2 Å². The lowest BCUT2D eigenvalue weighted by Gasteiger charge is -2.40. The van der Waals surface area contributed by atoms with Crippen LogP contribution in [0.5, 0.6) is 11.5 Å². The number of amides is 1. The first-order valence-electron chi connectivity index (χ1n) is 7.12. The maximum absolute atomic E-state index is 12.6. The van der Waals surface area contributed by atoms with Gasteiger partial charge in [-0.1, -0.05) is 13.8 Å². The van der Waals surface area contributed by atoms with Crippen molar-refractivity contribution < 1.29 is 15.0 Å². The molecule has 1 aromatic carbocycles. The largest absolute Gasteiger partial charge is 0.508 e. The van der Waals surface area contributed by atoms with Gasteiger partial charge in [0.25, 0.3) is 5.91 Å². The predicted molar refractivity (Wildman–Crippen MR) is 77.0 cm³/mol. The summed E-state index contributed by atoms with van der Waals surface area (Å²) in [5.41, 5.74) is 0.331. The summed E-state index contributed by atoms with van der Waals surface area (Å²) in [6.45, 7) is 5.58. The van der Waals surface area contributed by atoms with Gasteiger partial charge in [0.2, 0.25) is 0 Å². The number of nitrogens with zero attached hydrogens (tertiary/aromatic N) is 1. The minimum atomic E-state index is -0.136. The van der Waals surface area contributed by atoms with Crippen molar-refractivity contribution >= 4 is 5.91 Å². The van der Waals surface area contributed by atoms with Gasteiger partial charge in [-0.3, -0.25) is 4.79 Å². The average molecular weight is 278 g/mol. The molecule has 1 heterocycles. The van der Waals surface area contributed by atoms with Crippen LogP contribution in [0.3, 0.4) is 0 Å². The highest BCUT2D eigenvalue weighted by atomic mass is 16.3. The molecule has 5 nitrogen and oxygen atoms in total. The zero-order valence-electron chi connectivity index (χ0n) is 12.0. The van der Waals surface area contributed by atoms with E-state index >= 15 is 0 Å². The number of nitrogens with one attached hydrogen (secondary N) is 1. The van der Waals surface area contributed by atoms with Gasteiger partial charge in [-0.05, 0) is 25.0 Å². The maximum Gasteiger partial charge on any atom is 0.254 e. The molecule has 0 aliphatic carbocycles. The molecule has 1 saturated heterocycles. The smallest absolute Gasteiger partial charge is 0.254 e. The Kier molecular flexibility index (Phi) is 4.49. The lowest BCUT2D eigenvalue weighted by atomic mass is 10.0. The minimum Gasteiger partial charge on any atom is -0.508 e. The SMILES string of the molecule is CCC1CN(C(=O)c2cc(O)cc(O)c2)C(CC)CN1. The number of hydrogen-bond acceptors (Lipinski definition) is 4. The van der Waals surface area contributed by atoms with Crippen molar-refractivity contribution in [2.45, 2.75) is 38.8 Å². The molecule has 2 unspecified atom stereocenters. The first-order valence-corrected chi connectivity index (χ1v) is 7.12. The van der Waals surface area contributed by atoms with E-state index in [1.165, 1.54) is 18.2 Å². The first-order chi connectivity index (χ1) is 9.55. The Bertz CT molecular complexity index is 470. The molecule has 1 aliphatic heterocycles. The van der Waals surface area contributed by atoms with Crippen molar-refractivity contribution in [1.82, 2.24) is 10.2 Å². The number of carbonyl (C=O) groups excluding carboxylic acids is 1. The number of phenols is 2. The summed E-state index contributed by atoms with van der Waals surface area (Å²) in [4.78, 5) is 14.5. The monoisotopic (exact) mass is 278 g/mol. The van der Waals surface area contributed by atoms with Gasteiger partial charge in [-0.25, -0.2) is 0 Å². The minimum absolute atomic E-state index is 0.0939. The van der Waals surface area contributed by atoms with Crippen molar-refractivity contribution in [3.63, 3.8) is 0 Å². The zero-order chi connectivity index (χ0) is 14.7. The van der Waals surface area contributed by atoms with Crippen LogP contribution >= 0.6 is 0 Å². The van der Waals surface area contributed by atoms with Crippen molar-refractivity contribution in [2.75, 3.05) is 13.1 Å². The highest BCUT2D eigenvalue weighted by molar-refractivity contribution is 5.95. The number of phenolic OH excluding ortho intramolecular Hbond substituents is 2. The molecule has 0 saturated carbocycles. The molecule has 110 valence electrons. The Morgan fingerprint density at radius 3 is 2.45 bits per heavy atom. The van der Waals surface area contributed by atoms with Gasteiger partial charge in [-0.2, -0.15) is 0 Å². The highest BCUT2D eigenvalue weighted by Crippen LogP contribution is 2.23. The van der Waals surface area contributed by atoms with Gasteiger partial charge in [-0.15, -0.1) is 0 Å². The molecule has 1 fully saturated rings. The third-order valence-electron chi connectivity index (χ3n) is 3.87. The molecule has 0 aromatic heterocycles. The lowest BCUT2D eigenvalue weighted by Crippen LogP contribution is -2.57. The number of hydrogen-bond donors (Lipinski definition) is 3. The highest BCUT2D eigenvalue weighted by Gasteiger charge is 2.30. The van der Waals surface area contributed by atoms with Crippen molar-refractivity contribution in [3.8, 4) is 11.5 Å². The fourth-order valence-corrected chi connectivity index (χ4v) is 2.64. The van der Waals surface area contributed by atoms with E-state index in [1.807, 2.05) is 4.90 Å². The second-order valence-corrected chi connectivity index (χ2v) is 5.27. The fourth-order valence-electron chi connectivity index (χ4n) is 2.64. The quantitative estimate of drug-likeness (QED) is 0.787. The Hall–Kier alpha value is -1.75. The third kappa shape index (κ3) is 3.04. The molecule has 0 radical (unpaired) electrons. The molecule has 0 spiro atoms. The van der Waals surface area contributed by atoms with Gasteiger partial charge in [0.1, 0.15) is 11.5 Å². The summed E-state index contributed by atoms with van der Waals surface area (Å²) >= 11 is 0. The van der Waals surface area contributed by atoms with Gasteiger partial charge in [0, 0.05) is 36.8 Å². The van der Waals surface area contributed by atoms with Crippen LogP contribution < -0.4 is 5.32 Å². The molecule has 0 bridgehead atoms. The topological polar surface area (TPSA) is 72.8 Å². The van der Waals surface area contributed by atoms with Gasteiger partial charge in [0.05, 0.1) is 0 Å². The second kappa shape index (κ2) is 6.13. The van der Waals surface area contributed by atoms with Crippen molar-refractivity contribution in [1.29, 1.82) is 0 Å². The van der Waals surface area contributed by atoms with Gasteiger partial charge in [0.15, 0.2) is 0 Å². The van der Waals surface area contributed by atoms with E-state index in [9.17, 15) is 15.0 Å². The maximum atomic E-state index is 12.6. The van der Waals surface area contributed by atoms with Gasteiger partial charge < -0.3 is 20.4 Å². The molecule has 5 heteroatoms. The van der Waals surface area contributed by atoms with Crippen LogP contribution in [-0.2, 0) is 0 Å². The number of piperazine rings is 1. The molecule has 3 N–H and O–H groups in total. The zero-order valence-corrected chi connectivity index (χ0v) is 12.0. The summed E-state index contributed by atoms with van der Waals surface area (Å²) in [7, 11) is 0. The van der Waals surface area contributed by atoms with Crippen LogP contribution in [0, 0.1) is 0 Å². The van der Waals surface area contributed by atoms with Gasteiger partial charge >= 0.3 is 0 Å². The van der Waals surface area contributed by atoms with E-state index in [0.29, 0.717) is 18.2 Å². The lowest BCUT2D eigenvalue weighted by molar-refractivity contribution is 0.0575. The van der Waals surface area contributed by atoms with Crippen LogP contribution in [0.4, 0.5) is 0 Å². The summed E-state index contributed by atoms with van der Waals surface area (Å²) in [6.07, 6.45) is 1.84. The number of aromatic hydroxyl groups is 2. The van der Waals surface area contributed by atoms with E-state index in [0.717, 1.165) is 19.4 Å². The van der Waals surface area contributed by atoms with Crippen LogP contribution in [0.25, 0.3) is 0 Å². The third-order valence-corrected chi connectivity index (χ3v) is 3.87. The van der Waals surface area contributed by atoms with E-state index in [2.05, 4.69) is 19.2 Å². The van der Waals surface area contributed by atoms with Crippen LogP contribution in [0.1, 0.15) is 37.0 Å². The van der Waals surface area contributed by atoms with E-state index < -0.39 is 0 Å². The molecular formula is C15H22N2O3. The molecule has 2 atom stereocenters. The van der Waals surface area contributed by atoms with Crippen LogP contribution in [0.2, 0.25) is 0 Å². The van der Waals surface area contributed by atoms with Crippen LogP contribution in [0.15, 0.2) is 18.2 Å². The Morgan fingerprint density at radius 2 is 1.90 bits per heavy atom. The number of rotatable bonds is 3. The fraction of sp³-hybridized carbons (Fsp3) is 0.533. The van der Waals surface area contributed by atoms with E-state index in [-0.39, 0.29) is 23.4 Å². The molecule has 1 aromatic rings. The summed E-state index contributed by atoms with van der Waals surface area (Å²) in [5.74, 6) is -0.324. The molecular weight excluding hydrogens is 256 g/mol. The summed E-state index contributed by atoms with van der Waals surface area (Å²) < 4.78 is 0. The normalized spacial score (nSPS) is 22.8. The second-order valence-electron chi connectivity index (χ2n) is 5.27.